The highest BCUT2D eigenvalue weighted by Gasteiger charge is 2.16. The van der Waals surface area contributed by atoms with Crippen LogP contribution in [0.2, 0.25) is 0 Å². The van der Waals surface area contributed by atoms with Gasteiger partial charge in [0.1, 0.15) is 0 Å². The average molecular weight is 306 g/mol. The molecule has 0 aliphatic heterocycles. The van der Waals surface area contributed by atoms with Crippen molar-refractivity contribution in [2.24, 2.45) is 0 Å². The van der Waals surface area contributed by atoms with Crippen LogP contribution < -0.4 is 9.44 Å². The summed E-state index contributed by atoms with van der Waals surface area (Å²) in [7, 11) is -6.94. The van der Waals surface area contributed by atoms with Crippen molar-refractivity contribution in [2.45, 2.75) is 30.9 Å². The second-order valence-corrected chi connectivity index (χ2v) is 8.23. The van der Waals surface area contributed by atoms with Crippen molar-refractivity contribution in [2.75, 3.05) is 11.3 Å². The summed E-state index contributed by atoms with van der Waals surface area (Å²) < 4.78 is 51.4. The predicted octanol–water partition coefficient (Wildman–Crippen LogP) is 1.13. The van der Waals surface area contributed by atoms with Gasteiger partial charge < -0.3 is 0 Å². The van der Waals surface area contributed by atoms with Crippen LogP contribution in [0.3, 0.4) is 0 Å². The van der Waals surface area contributed by atoms with E-state index in [2.05, 4.69) is 9.44 Å². The topological polar surface area (TPSA) is 92.3 Å². The summed E-state index contributed by atoms with van der Waals surface area (Å²) in [6, 6.07) is 5.56. The van der Waals surface area contributed by atoms with Crippen molar-refractivity contribution < 1.29 is 16.8 Å². The van der Waals surface area contributed by atoms with Gasteiger partial charge >= 0.3 is 0 Å². The first-order chi connectivity index (χ1) is 8.69. The Balaban J connectivity index is 2.96. The number of benzene rings is 1. The van der Waals surface area contributed by atoms with Crippen molar-refractivity contribution in [3.05, 3.63) is 24.3 Å². The van der Waals surface area contributed by atoms with Gasteiger partial charge in [-0.05, 0) is 38.1 Å². The Hall–Kier alpha value is -1.12. The molecule has 0 aliphatic carbocycles. The molecule has 0 spiro atoms. The van der Waals surface area contributed by atoms with E-state index in [1.54, 1.807) is 20.8 Å². The van der Waals surface area contributed by atoms with Gasteiger partial charge in [-0.3, -0.25) is 4.72 Å². The molecule has 0 unspecified atom stereocenters. The monoisotopic (exact) mass is 306 g/mol. The van der Waals surface area contributed by atoms with Crippen LogP contribution >= 0.6 is 0 Å². The Bertz CT molecular complexity index is 619. The zero-order chi connectivity index (χ0) is 14.7. The van der Waals surface area contributed by atoms with Gasteiger partial charge in [-0.25, -0.2) is 21.6 Å². The van der Waals surface area contributed by atoms with Crippen molar-refractivity contribution in [1.29, 1.82) is 0 Å². The number of hydrogen-bond acceptors (Lipinski definition) is 4. The van der Waals surface area contributed by atoms with Crippen LogP contribution in [0, 0.1) is 0 Å². The Morgan fingerprint density at radius 1 is 1.05 bits per heavy atom. The molecule has 2 N–H and O–H groups in total. The molecule has 0 saturated heterocycles. The second-order valence-electron chi connectivity index (χ2n) is 4.22. The highest BCUT2D eigenvalue weighted by molar-refractivity contribution is 7.93. The first-order valence-electron chi connectivity index (χ1n) is 5.80. The third-order valence-electron chi connectivity index (χ3n) is 2.38. The fraction of sp³-hybridized carbons (Fsp3) is 0.455. The summed E-state index contributed by atoms with van der Waals surface area (Å²) in [5.41, 5.74) is 0.337. The maximum atomic E-state index is 11.7. The molecule has 0 heterocycles. The van der Waals surface area contributed by atoms with Gasteiger partial charge in [0, 0.05) is 12.2 Å². The molecule has 19 heavy (non-hydrogen) atoms. The first kappa shape index (κ1) is 15.9. The van der Waals surface area contributed by atoms with Crippen LogP contribution in [0.4, 0.5) is 5.69 Å². The summed E-state index contributed by atoms with van der Waals surface area (Å²) in [6.45, 7) is 5.10. The van der Waals surface area contributed by atoms with E-state index in [1.165, 1.54) is 24.3 Å². The molecule has 0 aliphatic rings. The van der Waals surface area contributed by atoms with E-state index < -0.39 is 25.3 Å². The number of anilines is 1. The van der Waals surface area contributed by atoms with Crippen LogP contribution in [0.5, 0.6) is 0 Å². The molecule has 1 rings (SSSR count). The van der Waals surface area contributed by atoms with Crippen LogP contribution in [0.25, 0.3) is 0 Å². The molecule has 0 radical (unpaired) electrons. The van der Waals surface area contributed by atoms with Crippen LogP contribution in [0.1, 0.15) is 20.8 Å². The zero-order valence-electron chi connectivity index (χ0n) is 11.0. The molecule has 1 aromatic carbocycles. The third kappa shape index (κ3) is 4.19. The molecular weight excluding hydrogens is 288 g/mol. The van der Waals surface area contributed by atoms with Gasteiger partial charge in [0.25, 0.3) is 0 Å². The van der Waals surface area contributed by atoms with E-state index in [0.29, 0.717) is 12.2 Å². The fourth-order valence-electron chi connectivity index (χ4n) is 1.26. The van der Waals surface area contributed by atoms with Crippen LogP contribution in [-0.2, 0) is 20.0 Å². The Kier molecular flexibility index (Phi) is 4.94. The van der Waals surface area contributed by atoms with E-state index >= 15 is 0 Å². The average Bonchev–Trinajstić information content (AvgIpc) is 2.28. The maximum Gasteiger partial charge on any atom is 0.240 e. The van der Waals surface area contributed by atoms with Gasteiger partial charge in [0.15, 0.2) is 0 Å². The number of nitrogens with one attached hydrogen (secondary N) is 2. The molecule has 0 fully saturated rings. The SMILES string of the molecule is CCNS(=O)(=O)c1ccc(NS(=O)(=O)C(C)C)cc1. The summed E-state index contributed by atoms with van der Waals surface area (Å²) in [5.74, 6) is 0. The van der Waals surface area contributed by atoms with Gasteiger partial charge in [-0.15, -0.1) is 0 Å². The molecule has 6 nitrogen and oxygen atoms in total. The number of rotatable bonds is 6. The minimum atomic E-state index is -3.51. The van der Waals surface area contributed by atoms with Crippen LogP contribution in [-0.4, -0.2) is 28.6 Å². The summed E-state index contributed by atoms with van der Waals surface area (Å²) >= 11 is 0. The Labute approximate surface area is 114 Å². The highest BCUT2D eigenvalue weighted by atomic mass is 32.2. The van der Waals surface area contributed by atoms with Crippen LogP contribution in [0.15, 0.2) is 29.2 Å². The predicted molar refractivity (Wildman–Crippen MR) is 75.0 cm³/mol. The summed E-state index contributed by atoms with van der Waals surface area (Å²) in [4.78, 5) is 0.0989. The summed E-state index contributed by atoms with van der Waals surface area (Å²) in [5, 5.41) is -0.558. The molecule has 1 aromatic rings. The van der Waals surface area contributed by atoms with E-state index in [4.69, 9.17) is 0 Å². The van der Waals surface area contributed by atoms with Crippen molar-refractivity contribution in [1.82, 2.24) is 4.72 Å². The lowest BCUT2D eigenvalue weighted by molar-refractivity contribution is 0.584. The number of sulfonamides is 2. The number of hydrogen-bond donors (Lipinski definition) is 2. The lowest BCUT2D eigenvalue weighted by Gasteiger charge is -2.11. The third-order valence-corrected chi connectivity index (χ3v) is 5.70. The molecule has 108 valence electrons. The van der Waals surface area contributed by atoms with E-state index in [9.17, 15) is 16.8 Å². The molecule has 0 atom stereocenters. The molecule has 0 aromatic heterocycles. The fourth-order valence-corrected chi connectivity index (χ4v) is 3.00. The Morgan fingerprint density at radius 3 is 2.00 bits per heavy atom. The molecule has 8 heteroatoms. The lowest BCUT2D eigenvalue weighted by atomic mass is 10.3. The molecule has 0 bridgehead atoms. The van der Waals surface area contributed by atoms with Gasteiger partial charge in [-0.1, -0.05) is 6.92 Å². The lowest BCUT2D eigenvalue weighted by Crippen LogP contribution is -2.24. The molecular formula is C11H18N2O4S2. The largest absolute Gasteiger partial charge is 0.283 e. The zero-order valence-corrected chi connectivity index (χ0v) is 12.7. The highest BCUT2D eigenvalue weighted by Crippen LogP contribution is 2.16. The quantitative estimate of drug-likeness (QED) is 0.824. The van der Waals surface area contributed by atoms with E-state index in [0.717, 1.165) is 0 Å². The normalized spacial score (nSPS) is 12.6. The molecule has 0 amide bonds. The van der Waals surface area contributed by atoms with E-state index in [-0.39, 0.29) is 4.90 Å². The second kappa shape index (κ2) is 5.89. The van der Waals surface area contributed by atoms with Gasteiger partial charge in [0.05, 0.1) is 10.1 Å². The van der Waals surface area contributed by atoms with Gasteiger partial charge in [-0.2, -0.15) is 0 Å². The maximum absolute atomic E-state index is 11.7. The Morgan fingerprint density at radius 2 is 1.58 bits per heavy atom. The van der Waals surface area contributed by atoms with Gasteiger partial charge in [0.2, 0.25) is 20.0 Å². The molecule has 0 saturated carbocycles. The standard InChI is InChI=1S/C11H18N2O4S2/c1-4-12-19(16,17)11-7-5-10(6-8-11)13-18(14,15)9(2)3/h5-9,12-13H,4H2,1-3H3. The minimum Gasteiger partial charge on any atom is -0.283 e. The minimum absolute atomic E-state index is 0.0989. The smallest absolute Gasteiger partial charge is 0.240 e. The summed E-state index contributed by atoms with van der Waals surface area (Å²) in [6.07, 6.45) is 0. The van der Waals surface area contributed by atoms with Crippen molar-refractivity contribution in [3.8, 4) is 0 Å². The van der Waals surface area contributed by atoms with E-state index in [1.807, 2.05) is 0 Å². The first-order valence-corrected chi connectivity index (χ1v) is 8.83. The van der Waals surface area contributed by atoms with Crippen molar-refractivity contribution in [3.63, 3.8) is 0 Å². The van der Waals surface area contributed by atoms with Crippen molar-refractivity contribution >= 4 is 25.7 Å².